The van der Waals surface area contributed by atoms with Crippen molar-refractivity contribution in [1.29, 1.82) is 0 Å². The Labute approximate surface area is 192 Å². The number of likely N-dealkylation sites (tertiary alicyclic amines) is 1. The number of aliphatic imine (C=N–C) groups is 1. The molecule has 0 amide bonds. The fraction of sp³-hybridized carbons (Fsp3) is 0.682. The van der Waals surface area contributed by atoms with Gasteiger partial charge in [-0.2, -0.15) is 0 Å². The highest BCUT2D eigenvalue weighted by molar-refractivity contribution is 14.0. The number of benzene rings is 1. The van der Waals surface area contributed by atoms with Gasteiger partial charge >= 0.3 is 0 Å². The highest BCUT2D eigenvalue weighted by Crippen LogP contribution is 2.30. The highest BCUT2D eigenvalue weighted by atomic mass is 127. The molecule has 7 heteroatoms. The Bertz CT molecular complexity index is 622. The fourth-order valence-electron chi connectivity index (χ4n) is 4.17. The molecule has 2 aliphatic rings. The first kappa shape index (κ1) is 24.4. The quantitative estimate of drug-likeness (QED) is 0.296. The number of hydrogen-bond acceptors (Lipinski definition) is 4. The maximum Gasteiger partial charge on any atom is 0.191 e. The highest BCUT2D eigenvalue weighted by Gasteiger charge is 2.33. The van der Waals surface area contributed by atoms with E-state index in [9.17, 15) is 5.11 Å². The minimum Gasteiger partial charge on any atom is -0.396 e. The van der Waals surface area contributed by atoms with Gasteiger partial charge in [0.2, 0.25) is 0 Å². The van der Waals surface area contributed by atoms with Gasteiger partial charge in [-0.05, 0) is 38.7 Å². The summed E-state index contributed by atoms with van der Waals surface area (Å²) in [5.74, 6) is 0.862. The smallest absolute Gasteiger partial charge is 0.191 e. The second kappa shape index (κ2) is 12.1. The van der Waals surface area contributed by atoms with Crippen LogP contribution in [0.25, 0.3) is 0 Å². The van der Waals surface area contributed by atoms with E-state index in [2.05, 4.69) is 59.7 Å². The molecule has 2 atom stereocenters. The van der Waals surface area contributed by atoms with Crippen LogP contribution in [0.3, 0.4) is 0 Å². The third-order valence-electron chi connectivity index (χ3n) is 6.08. The maximum atomic E-state index is 9.91. The molecule has 0 spiro atoms. The fourth-order valence-corrected chi connectivity index (χ4v) is 4.17. The molecule has 164 valence electrons. The van der Waals surface area contributed by atoms with E-state index >= 15 is 0 Å². The van der Waals surface area contributed by atoms with Crippen LogP contribution in [-0.4, -0.2) is 67.5 Å². The van der Waals surface area contributed by atoms with Gasteiger partial charge < -0.3 is 20.5 Å². The Morgan fingerprint density at radius 1 is 1.28 bits per heavy atom. The largest absolute Gasteiger partial charge is 0.396 e. The summed E-state index contributed by atoms with van der Waals surface area (Å²) >= 11 is 0. The number of rotatable bonds is 7. The summed E-state index contributed by atoms with van der Waals surface area (Å²) in [4.78, 5) is 7.37. The molecule has 2 unspecified atom stereocenters. The lowest BCUT2D eigenvalue weighted by atomic mass is 9.81. The third-order valence-corrected chi connectivity index (χ3v) is 6.08. The molecular formula is C22H37IN4O2. The van der Waals surface area contributed by atoms with Crippen molar-refractivity contribution >= 4 is 29.9 Å². The second-order valence-electron chi connectivity index (χ2n) is 8.31. The van der Waals surface area contributed by atoms with Crippen molar-refractivity contribution < 1.29 is 9.84 Å². The van der Waals surface area contributed by atoms with Crippen LogP contribution in [-0.2, 0) is 11.3 Å². The molecule has 6 nitrogen and oxygen atoms in total. The van der Waals surface area contributed by atoms with Gasteiger partial charge in [0.1, 0.15) is 0 Å². The summed E-state index contributed by atoms with van der Waals surface area (Å²) in [6.45, 7) is 9.47. The van der Waals surface area contributed by atoms with Crippen LogP contribution in [0.5, 0.6) is 0 Å². The first-order valence-electron chi connectivity index (χ1n) is 10.7. The van der Waals surface area contributed by atoms with Gasteiger partial charge in [-0.3, -0.25) is 9.89 Å². The zero-order valence-electron chi connectivity index (χ0n) is 17.8. The number of ether oxygens (including phenoxy) is 1. The zero-order chi connectivity index (χ0) is 19.8. The normalized spacial score (nSPS) is 24.7. The molecule has 0 saturated carbocycles. The number of aliphatic hydroxyl groups excluding tert-OH is 1. The molecule has 2 saturated heterocycles. The molecule has 1 aromatic rings. The summed E-state index contributed by atoms with van der Waals surface area (Å²) < 4.78 is 5.46. The average Bonchev–Trinajstić information content (AvgIpc) is 3.06. The summed E-state index contributed by atoms with van der Waals surface area (Å²) in [7, 11) is 0. The lowest BCUT2D eigenvalue weighted by molar-refractivity contribution is -0.0106. The SMILES string of the molecule is CCNC(=NCC1(CO)CCOCC1)NC1CC(C)N(Cc2ccccc2)C1.I. The van der Waals surface area contributed by atoms with Crippen molar-refractivity contribution in [3.8, 4) is 0 Å². The van der Waals surface area contributed by atoms with E-state index in [1.54, 1.807) is 0 Å². The summed E-state index contributed by atoms with van der Waals surface area (Å²) in [5.41, 5.74) is 1.23. The molecule has 2 fully saturated rings. The molecule has 0 aromatic heterocycles. The summed E-state index contributed by atoms with van der Waals surface area (Å²) in [5, 5.41) is 16.9. The third kappa shape index (κ3) is 7.08. The van der Waals surface area contributed by atoms with Gasteiger partial charge in [0.05, 0.1) is 13.2 Å². The van der Waals surface area contributed by atoms with Crippen molar-refractivity contribution in [2.75, 3.05) is 39.5 Å². The maximum absolute atomic E-state index is 9.91. The van der Waals surface area contributed by atoms with Gasteiger partial charge in [0.15, 0.2) is 5.96 Å². The van der Waals surface area contributed by atoms with Crippen LogP contribution >= 0.6 is 24.0 Å². The van der Waals surface area contributed by atoms with Crippen molar-refractivity contribution in [2.24, 2.45) is 10.4 Å². The van der Waals surface area contributed by atoms with Gasteiger partial charge in [0.25, 0.3) is 0 Å². The molecular weight excluding hydrogens is 479 g/mol. The predicted molar refractivity (Wildman–Crippen MR) is 129 cm³/mol. The van der Waals surface area contributed by atoms with E-state index in [1.165, 1.54) is 5.56 Å². The Kier molecular flexibility index (Phi) is 10.1. The van der Waals surface area contributed by atoms with Crippen LogP contribution in [0.15, 0.2) is 35.3 Å². The average molecular weight is 516 g/mol. The number of aliphatic hydroxyl groups is 1. The van der Waals surface area contributed by atoms with Crippen LogP contribution < -0.4 is 10.6 Å². The number of hydrogen-bond donors (Lipinski definition) is 3. The number of nitrogens with zero attached hydrogens (tertiary/aromatic N) is 2. The molecule has 3 N–H and O–H groups in total. The molecule has 0 aliphatic carbocycles. The molecule has 0 bridgehead atoms. The number of nitrogens with one attached hydrogen (secondary N) is 2. The Balaban J connectivity index is 0.00000300. The lowest BCUT2D eigenvalue weighted by Gasteiger charge is -2.34. The molecule has 2 heterocycles. The number of guanidine groups is 1. The predicted octanol–water partition coefficient (Wildman–Crippen LogP) is 2.61. The molecule has 2 aliphatic heterocycles. The second-order valence-corrected chi connectivity index (χ2v) is 8.31. The van der Waals surface area contributed by atoms with Crippen molar-refractivity contribution in [3.63, 3.8) is 0 Å². The van der Waals surface area contributed by atoms with Crippen LogP contribution in [0.1, 0.15) is 38.7 Å². The van der Waals surface area contributed by atoms with Gasteiger partial charge in [-0.15, -0.1) is 24.0 Å². The van der Waals surface area contributed by atoms with Crippen LogP contribution in [0.2, 0.25) is 0 Å². The standard InChI is InChI=1S/C22H36N4O2.HI/c1-3-23-21(24-16-22(17-27)9-11-28-12-10-22)25-20-13-18(2)26(15-20)14-19-7-5-4-6-8-19;/h4-8,18,20,27H,3,9-17H2,1-2H3,(H2,23,24,25);1H. The molecule has 1 aromatic carbocycles. The minimum absolute atomic E-state index is 0. The summed E-state index contributed by atoms with van der Waals surface area (Å²) in [6.07, 6.45) is 2.85. The van der Waals surface area contributed by atoms with Gasteiger partial charge in [0, 0.05) is 50.3 Å². The Morgan fingerprint density at radius 2 is 2.00 bits per heavy atom. The van der Waals surface area contributed by atoms with E-state index in [-0.39, 0.29) is 36.0 Å². The van der Waals surface area contributed by atoms with E-state index in [0.717, 1.165) is 44.9 Å². The number of halogens is 1. The Hall–Kier alpha value is -0.900. The van der Waals surface area contributed by atoms with Crippen LogP contribution in [0, 0.1) is 5.41 Å². The van der Waals surface area contributed by atoms with Gasteiger partial charge in [-0.25, -0.2) is 0 Å². The van der Waals surface area contributed by atoms with E-state index < -0.39 is 0 Å². The molecule has 0 radical (unpaired) electrons. The van der Waals surface area contributed by atoms with Crippen molar-refractivity contribution in [3.05, 3.63) is 35.9 Å². The Morgan fingerprint density at radius 3 is 2.66 bits per heavy atom. The zero-order valence-corrected chi connectivity index (χ0v) is 20.1. The monoisotopic (exact) mass is 516 g/mol. The van der Waals surface area contributed by atoms with Gasteiger partial charge in [-0.1, -0.05) is 30.3 Å². The lowest BCUT2D eigenvalue weighted by Crippen LogP contribution is -2.45. The topological polar surface area (TPSA) is 69.1 Å². The van der Waals surface area contributed by atoms with Crippen molar-refractivity contribution in [1.82, 2.24) is 15.5 Å². The van der Waals surface area contributed by atoms with Crippen molar-refractivity contribution in [2.45, 2.75) is 51.7 Å². The molecule has 29 heavy (non-hydrogen) atoms. The first-order valence-corrected chi connectivity index (χ1v) is 10.7. The van der Waals surface area contributed by atoms with E-state index in [0.29, 0.717) is 31.8 Å². The van der Waals surface area contributed by atoms with E-state index in [4.69, 9.17) is 9.73 Å². The van der Waals surface area contributed by atoms with E-state index in [1.807, 2.05) is 0 Å². The first-order chi connectivity index (χ1) is 13.6. The molecule has 3 rings (SSSR count). The minimum atomic E-state index is -0.136. The summed E-state index contributed by atoms with van der Waals surface area (Å²) in [6, 6.07) is 11.6. The van der Waals surface area contributed by atoms with Crippen LogP contribution in [0.4, 0.5) is 0 Å².